The van der Waals surface area contributed by atoms with E-state index in [1.165, 1.54) is 0 Å². The highest BCUT2D eigenvalue weighted by Gasteiger charge is 2.45. The maximum absolute atomic E-state index is 12.9. The van der Waals surface area contributed by atoms with Crippen molar-refractivity contribution < 1.29 is 9.59 Å². The van der Waals surface area contributed by atoms with Gasteiger partial charge in [0.05, 0.1) is 11.9 Å². The highest BCUT2D eigenvalue weighted by molar-refractivity contribution is 6.09. The molecule has 114 valence electrons. The molecule has 1 aliphatic heterocycles. The van der Waals surface area contributed by atoms with Crippen molar-refractivity contribution in [3.8, 4) is 0 Å². The molecule has 0 aromatic carbocycles. The Labute approximate surface area is 125 Å². The van der Waals surface area contributed by atoms with E-state index in [4.69, 9.17) is 0 Å². The molecule has 0 spiro atoms. The first-order chi connectivity index (χ1) is 9.77. The van der Waals surface area contributed by atoms with E-state index in [1.54, 1.807) is 17.3 Å². The van der Waals surface area contributed by atoms with Gasteiger partial charge in [-0.1, -0.05) is 27.7 Å². The summed E-state index contributed by atoms with van der Waals surface area (Å²) in [6.07, 6.45) is 3.92. The van der Waals surface area contributed by atoms with Crippen LogP contribution >= 0.6 is 0 Å². The predicted octanol–water partition coefficient (Wildman–Crippen LogP) is 2.05. The van der Waals surface area contributed by atoms with E-state index in [2.05, 4.69) is 10.3 Å². The molecule has 1 N–H and O–H groups in total. The van der Waals surface area contributed by atoms with E-state index < -0.39 is 12.1 Å². The van der Waals surface area contributed by atoms with Gasteiger partial charge in [0.2, 0.25) is 5.91 Å². The second-order valence-corrected chi connectivity index (χ2v) is 6.60. The van der Waals surface area contributed by atoms with Crippen LogP contribution in [0.25, 0.3) is 0 Å². The third kappa shape index (κ3) is 2.77. The summed E-state index contributed by atoms with van der Waals surface area (Å²) in [5.41, 5.74) is 1.33. The summed E-state index contributed by atoms with van der Waals surface area (Å²) in [6.45, 7) is 9.70. The molecule has 0 radical (unpaired) electrons. The van der Waals surface area contributed by atoms with Gasteiger partial charge in [-0.15, -0.1) is 0 Å². The average molecular weight is 289 g/mol. The van der Waals surface area contributed by atoms with Gasteiger partial charge in [0.15, 0.2) is 0 Å². The molecular formula is C16H23N3O2. The Bertz CT molecular complexity index is 563. The van der Waals surface area contributed by atoms with Crippen molar-refractivity contribution in [1.29, 1.82) is 0 Å². The summed E-state index contributed by atoms with van der Waals surface area (Å²) in [7, 11) is 0. The van der Waals surface area contributed by atoms with Crippen molar-refractivity contribution in [1.82, 2.24) is 10.3 Å². The molecule has 1 fully saturated rings. The molecule has 0 bridgehead atoms. The van der Waals surface area contributed by atoms with Gasteiger partial charge in [0, 0.05) is 6.20 Å². The lowest BCUT2D eigenvalue weighted by atomic mass is 9.83. The van der Waals surface area contributed by atoms with Crippen molar-refractivity contribution in [2.75, 3.05) is 4.90 Å². The number of aryl methyl sites for hydroxylation is 1. The largest absolute Gasteiger partial charge is 0.342 e. The van der Waals surface area contributed by atoms with Crippen molar-refractivity contribution in [3.05, 3.63) is 24.0 Å². The van der Waals surface area contributed by atoms with Crippen LogP contribution in [-0.2, 0) is 9.59 Å². The van der Waals surface area contributed by atoms with Crippen molar-refractivity contribution in [3.63, 3.8) is 0 Å². The highest BCUT2D eigenvalue weighted by Crippen LogP contribution is 2.30. The molecule has 1 saturated heterocycles. The van der Waals surface area contributed by atoms with Gasteiger partial charge in [-0.25, -0.2) is 0 Å². The summed E-state index contributed by atoms with van der Waals surface area (Å²) in [6, 6.07) is 0.861. The summed E-state index contributed by atoms with van der Waals surface area (Å²) in [5, 5.41) is 2.88. The number of anilines is 1. The molecule has 5 heteroatoms. The Kier molecular flexibility index (Phi) is 4.03. The van der Waals surface area contributed by atoms with E-state index in [0.29, 0.717) is 6.42 Å². The number of rotatable bonds is 2. The van der Waals surface area contributed by atoms with Gasteiger partial charge >= 0.3 is 0 Å². The van der Waals surface area contributed by atoms with Crippen LogP contribution in [0.1, 0.15) is 39.7 Å². The van der Waals surface area contributed by atoms with Gasteiger partial charge < -0.3 is 5.32 Å². The minimum absolute atomic E-state index is 0.0648. The minimum atomic E-state index is -0.521. The molecule has 2 rings (SSSR count). The normalized spacial score (nSPS) is 23.2. The maximum atomic E-state index is 12.9. The molecule has 0 saturated carbocycles. The number of nitrogens with one attached hydrogen (secondary N) is 1. The minimum Gasteiger partial charge on any atom is -0.342 e. The molecule has 1 aliphatic rings. The van der Waals surface area contributed by atoms with Crippen LogP contribution in [0.2, 0.25) is 0 Å². The first kappa shape index (κ1) is 15.5. The third-order valence-corrected chi connectivity index (χ3v) is 3.91. The average Bonchev–Trinajstić information content (AvgIpc) is 2.40. The Balaban J connectivity index is 2.50. The third-order valence-electron chi connectivity index (χ3n) is 3.91. The summed E-state index contributed by atoms with van der Waals surface area (Å²) >= 11 is 0. The second-order valence-electron chi connectivity index (χ2n) is 6.60. The van der Waals surface area contributed by atoms with E-state index in [9.17, 15) is 9.59 Å². The van der Waals surface area contributed by atoms with Gasteiger partial charge in [-0.3, -0.25) is 19.5 Å². The molecule has 2 unspecified atom stereocenters. The van der Waals surface area contributed by atoms with Crippen LogP contribution in [0.3, 0.4) is 0 Å². The number of carbonyl (C=O) groups is 2. The lowest BCUT2D eigenvalue weighted by molar-refractivity contribution is -0.136. The van der Waals surface area contributed by atoms with Gasteiger partial charge in [0.25, 0.3) is 5.91 Å². The zero-order chi connectivity index (χ0) is 15.8. The van der Waals surface area contributed by atoms with E-state index in [0.717, 1.165) is 11.3 Å². The van der Waals surface area contributed by atoms with Crippen LogP contribution in [0.5, 0.6) is 0 Å². The quantitative estimate of drug-likeness (QED) is 0.906. The monoisotopic (exact) mass is 289 g/mol. The van der Waals surface area contributed by atoms with Crippen LogP contribution in [0.15, 0.2) is 18.5 Å². The molecule has 2 heterocycles. The fourth-order valence-electron chi connectivity index (χ4n) is 2.66. The Hall–Kier alpha value is -1.91. The van der Waals surface area contributed by atoms with Gasteiger partial charge in [-0.2, -0.15) is 0 Å². The Morgan fingerprint density at radius 1 is 1.33 bits per heavy atom. The molecule has 21 heavy (non-hydrogen) atoms. The number of piperazine rings is 1. The fraction of sp³-hybridized carbons (Fsp3) is 0.562. The standard InChI is InChI=1S/C16H23N3O2/c1-6-11-14(20)18-13(16(3,4)5)15(21)19(11)12-9-17-8-7-10(12)2/h7-9,11,13H,6H2,1-5H3,(H,18,20). The van der Waals surface area contributed by atoms with Gasteiger partial charge in [0.1, 0.15) is 12.1 Å². The molecule has 1 aromatic heterocycles. The first-order valence-electron chi connectivity index (χ1n) is 7.31. The first-order valence-corrected chi connectivity index (χ1v) is 7.31. The van der Waals surface area contributed by atoms with Crippen molar-refractivity contribution in [2.24, 2.45) is 5.41 Å². The SMILES string of the molecule is CCC1C(=O)NC(C(C)(C)C)C(=O)N1c1cnccc1C. The van der Waals surface area contributed by atoms with Crippen molar-refractivity contribution in [2.45, 2.75) is 53.1 Å². The smallest absolute Gasteiger partial charge is 0.250 e. The van der Waals surface area contributed by atoms with Crippen molar-refractivity contribution >= 4 is 17.5 Å². The van der Waals surface area contributed by atoms with Crippen LogP contribution < -0.4 is 10.2 Å². The summed E-state index contributed by atoms with van der Waals surface area (Å²) < 4.78 is 0. The highest BCUT2D eigenvalue weighted by atomic mass is 16.2. The molecule has 2 amide bonds. The zero-order valence-corrected chi connectivity index (χ0v) is 13.3. The number of carbonyl (C=O) groups excluding carboxylic acids is 2. The van der Waals surface area contributed by atoms with Crippen LogP contribution in [0.4, 0.5) is 5.69 Å². The summed E-state index contributed by atoms with van der Waals surface area (Å²) in [4.78, 5) is 31.1. The Morgan fingerprint density at radius 3 is 2.52 bits per heavy atom. The van der Waals surface area contributed by atoms with Crippen LogP contribution in [-0.4, -0.2) is 28.9 Å². The van der Waals surface area contributed by atoms with Gasteiger partial charge in [-0.05, 0) is 30.4 Å². The zero-order valence-electron chi connectivity index (χ0n) is 13.3. The molecule has 0 aliphatic carbocycles. The van der Waals surface area contributed by atoms with E-state index in [1.807, 2.05) is 40.7 Å². The number of hydrogen-bond acceptors (Lipinski definition) is 3. The summed E-state index contributed by atoms with van der Waals surface area (Å²) in [5.74, 6) is -0.162. The number of nitrogens with zero attached hydrogens (tertiary/aromatic N) is 2. The topological polar surface area (TPSA) is 62.3 Å². The maximum Gasteiger partial charge on any atom is 0.250 e. The number of aromatic nitrogens is 1. The molecule has 1 aromatic rings. The number of hydrogen-bond donors (Lipinski definition) is 1. The molecular weight excluding hydrogens is 266 g/mol. The lowest BCUT2D eigenvalue weighted by Gasteiger charge is -2.43. The van der Waals surface area contributed by atoms with E-state index >= 15 is 0 Å². The molecule has 5 nitrogen and oxygen atoms in total. The fourth-order valence-corrected chi connectivity index (χ4v) is 2.66. The molecule has 2 atom stereocenters. The predicted molar refractivity (Wildman–Crippen MR) is 81.9 cm³/mol. The second kappa shape index (κ2) is 5.47. The number of amides is 2. The lowest BCUT2D eigenvalue weighted by Crippen LogP contribution is -2.66. The van der Waals surface area contributed by atoms with E-state index in [-0.39, 0.29) is 17.2 Å². The Morgan fingerprint density at radius 2 is 2.00 bits per heavy atom. The number of pyridine rings is 1. The van der Waals surface area contributed by atoms with Crippen LogP contribution in [0, 0.1) is 12.3 Å².